The highest BCUT2D eigenvalue weighted by Crippen LogP contribution is 2.30. The van der Waals surface area contributed by atoms with E-state index in [-0.39, 0.29) is 11.4 Å². The summed E-state index contributed by atoms with van der Waals surface area (Å²) in [6, 6.07) is 5.84. The van der Waals surface area contributed by atoms with Crippen molar-refractivity contribution in [1.82, 2.24) is 5.32 Å². The summed E-state index contributed by atoms with van der Waals surface area (Å²) >= 11 is 7.05. The topological polar surface area (TPSA) is 29.1 Å². The number of aryl methyl sites for hydroxylation is 1. The minimum absolute atomic E-state index is 0.0215. The molecule has 0 heterocycles. The standard InChI is InChI=1S/C15H19Br2NO/c1-11-5-6-12(13(17)9-11)14(19)18-15(10-16)7-3-2-4-8-15/h5-6,9H,2-4,7-8,10H2,1H3,(H,18,19). The van der Waals surface area contributed by atoms with Crippen molar-refractivity contribution in [2.75, 3.05) is 5.33 Å². The molecule has 1 saturated carbocycles. The molecule has 1 N–H and O–H groups in total. The number of hydrogen-bond donors (Lipinski definition) is 1. The van der Waals surface area contributed by atoms with Gasteiger partial charge in [0.25, 0.3) is 5.91 Å². The molecular weight excluding hydrogens is 370 g/mol. The van der Waals surface area contributed by atoms with Gasteiger partial charge in [0.2, 0.25) is 0 Å². The molecule has 2 nitrogen and oxygen atoms in total. The average molecular weight is 389 g/mol. The first-order chi connectivity index (χ1) is 9.06. The van der Waals surface area contributed by atoms with E-state index in [0.717, 1.165) is 33.8 Å². The van der Waals surface area contributed by atoms with Gasteiger partial charge in [-0.05, 0) is 53.4 Å². The lowest BCUT2D eigenvalue weighted by Gasteiger charge is -2.36. The van der Waals surface area contributed by atoms with Gasteiger partial charge < -0.3 is 5.32 Å². The summed E-state index contributed by atoms with van der Waals surface area (Å²) in [5.41, 5.74) is 1.80. The Morgan fingerprint density at radius 2 is 2.00 bits per heavy atom. The number of amides is 1. The lowest BCUT2D eigenvalue weighted by molar-refractivity contribution is 0.0885. The molecule has 0 atom stereocenters. The van der Waals surface area contributed by atoms with Crippen molar-refractivity contribution in [3.05, 3.63) is 33.8 Å². The van der Waals surface area contributed by atoms with Crippen LogP contribution in [0.2, 0.25) is 0 Å². The number of hydrogen-bond acceptors (Lipinski definition) is 1. The summed E-state index contributed by atoms with van der Waals surface area (Å²) in [6.45, 7) is 2.02. The van der Waals surface area contributed by atoms with E-state index in [1.165, 1.54) is 19.3 Å². The monoisotopic (exact) mass is 387 g/mol. The average Bonchev–Trinajstić information content (AvgIpc) is 2.39. The van der Waals surface area contributed by atoms with Crippen LogP contribution in [0, 0.1) is 6.92 Å². The van der Waals surface area contributed by atoms with Gasteiger partial charge in [0, 0.05) is 9.80 Å². The van der Waals surface area contributed by atoms with E-state index in [2.05, 4.69) is 37.2 Å². The van der Waals surface area contributed by atoms with E-state index in [4.69, 9.17) is 0 Å². The van der Waals surface area contributed by atoms with Gasteiger partial charge in [-0.3, -0.25) is 4.79 Å². The largest absolute Gasteiger partial charge is 0.346 e. The molecule has 1 fully saturated rings. The highest BCUT2D eigenvalue weighted by atomic mass is 79.9. The summed E-state index contributed by atoms with van der Waals surface area (Å²) in [4.78, 5) is 12.4. The number of alkyl halides is 1. The number of benzene rings is 1. The van der Waals surface area contributed by atoms with Crippen LogP contribution in [0.4, 0.5) is 0 Å². The van der Waals surface area contributed by atoms with E-state index < -0.39 is 0 Å². The Labute approximate surface area is 131 Å². The van der Waals surface area contributed by atoms with Crippen molar-refractivity contribution < 1.29 is 4.79 Å². The van der Waals surface area contributed by atoms with Crippen LogP contribution in [0.25, 0.3) is 0 Å². The zero-order chi connectivity index (χ0) is 13.9. The van der Waals surface area contributed by atoms with Crippen LogP contribution < -0.4 is 5.32 Å². The Kier molecular flexibility index (Phi) is 5.07. The van der Waals surface area contributed by atoms with Crippen molar-refractivity contribution in [1.29, 1.82) is 0 Å². The van der Waals surface area contributed by atoms with Gasteiger partial charge in [-0.15, -0.1) is 0 Å². The molecule has 4 heteroatoms. The Morgan fingerprint density at radius 3 is 2.58 bits per heavy atom. The molecule has 2 rings (SSSR count). The highest BCUT2D eigenvalue weighted by molar-refractivity contribution is 9.10. The highest BCUT2D eigenvalue weighted by Gasteiger charge is 2.33. The van der Waals surface area contributed by atoms with Crippen LogP contribution in [-0.2, 0) is 0 Å². The molecule has 104 valence electrons. The quantitative estimate of drug-likeness (QED) is 0.754. The Morgan fingerprint density at radius 1 is 1.32 bits per heavy atom. The van der Waals surface area contributed by atoms with Crippen molar-refractivity contribution >= 4 is 37.8 Å². The summed E-state index contributed by atoms with van der Waals surface area (Å²) < 4.78 is 0.866. The molecule has 0 radical (unpaired) electrons. The third-order valence-electron chi connectivity index (χ3n) is 3.81. The van der Waals surface area contributed by atoms with Gasteiger partial charge >= 0.3 is 0 Å². The number of carbonyl (C=O) groups excluding carboxylic acids is 1. The predicted octanol–water partition coefficient (Wildman–Crippen LogP) is 4.59. The zero-order valence-electron chi connectivity index (χ0n) is 11.1. The Balaban J connectivity index is 2.15. The maximum Gasteiger partial charge on any atom is 0.252 e. The van der Waals surface area contributed by atoms with Crippen LogP contribution in [0.3, 0.4) is 0 Å². The number of rotatable bonds is 3. The maximum atomic E-state index is 12.4. The van der Waals surface area contributed by atoms with E-state index in [9.17, 15) is 4.79 Å². The summed E-state index contributed by atoms with van der Waals surface area (Å²) in [5.74, 6) is 0.0215. The van der Waals surface area contributed by atoms with E-state index in [1.807, 2.05) is 25.1 Å². The molecule has 0 bridgehead atoms. The number of halogens is 2. The molecule has 19 heavy (non-hydrogen) atoms. The minimum Gasteiger partial charge on any atom is -0.346 e. The van der Waals surface area contributed by atoms with Crippen LogP contribution in [0.1, 0.15) is 48.0 Å². The second kappa shape index (κ2) is 6.40. The van der Waals surface area contributed by atoms with Gasteiger partial charge in [-0.1, -0.05) is 41.3 Å². The summed E-state index contributed by atoms with van der Waals surface area (Å²) in [7, 11) is 0. The van der Waals surface area contributed by atoms with Gasteiger partial charge in [0.05, 0.1) is 11.1 Å². The normalized spacial score (nSPS) is 18.1. The zero-order valence-corrected chi connectivity index (χ0v) is 14.3. The molecule has 0 unspecified atom stereocenters. The molecule has 1 aliphatic carbocycles. The van der Waals surface area contributed by atoms with Crippen LogP contribution in [0.15, 0.2) is 22.7 Å². The maximum absolute atomic E-state index is 12.4. The summed E-state index contributed by atoms with van der Waals surface area (Å²) in [6.07, 6.45) is 5.79. The fourth-order valence-electron chi connectivity index (χ4n) is 2.63. The first-order valence-electron chi connectivity index (χ1n) is 6.71. The van der Waals surface area contributed by atoms with Crippen LogP contribution in [-0.4, -0.2) is 16.8 Å². The Hall–Kier alpha value is -0.350. The van der Waals surface area contributed by atoms with Gasteiger partial charge in [-0.2, -0.15) is 0 Å². The number of carbonyl (C=O) groups is 1. The molecule has 0 saturated heterocycles. The molecule has 0 spiro atoms. The third kappa shape index (κ3) is 3.60. The Bertz CT molecular complexity index is 467. The lowest BCUT2D eigenvalue weighted by Crippen LogP contribution is -2.51. The fraction of sp³-hybridized carbons (Fsp3) is 0.533. The van der Waals surface area contributed by atoms with Crippen molar-refractivity contribution in [3.63, 3.8) is 0 Å². The molecule has 1 aliphatic rings. The minimum atomic E-state index is -0.0698. The van der Waals surface area contributed by atoms with Crippen LogP contribution >= 0.6 is 31.9 Å². The second-order valence-corrected chi connectivity index (χ2v) is 6.83. The summed E-state index contributed by atoms with van der Waals surface area (Å²) in [5, 5.41) is 4.07. The lowest BCUT2D eigenvalue weighted by atomic mass is 9.83. The first-order valence-corrected chi connectivity index (χ1v) is 8.62. The number of nitrogens with one attached hydrogen (secondary N) is 1. The van der Waals surface area contributed by atoms with Crippen molar-refractivity contribution in [3.8, 4) is 0 Å². The first kappa shape index (κ1) is 15.0. The molecule has 1 amide bonds. The molecule has 1 aromatic carbocycles. The van der Waals surface area contributed by atoms with Crippen LogP contribution in [0.5, 0.6) is 0 Å². The predicted molar refractivity (Wildman–Crippen MR) is 86.0 cm³/mol. The second-order valence-electron chi connectivity index (χ2n) is 5.41. The van der Waals surface area contributed by atoms with E-state index in [1.54, 1.807) is 0 Å². The van der Waals surface area contributed by atoms with Crippen molar-refractivity contribution in [2.24, 2.45) is 0 Å². The van der Waals surface area contributed by atoms with Gasteiger partial charge in [-0.25, -0.2) is 0 Å². The van der Waals surface area contributed by atoms with Gasteiger partial charge in [0.15, 0.2) is 0 Å². The third-order valence-corrected chi connectivity index (χ3v) is 5.54. The molecular formula is C15H19Br2NO. The van der Waals surface area contributed by atoms with E-state index in [0.29, 0.717) is 0 Å². The fourth-order valence-corrected chi connectivity index (χ4v) is 4.01. The van der Waals surface area contributed by atoms with Gasteiger partial charge in [0.1, 0.15) is 0 Å². The SMILES string of the molecule is Cc1ccc(C(=O)NC2(CBr)CCCCC2)c(Br)c1. The molecule has 1 aromatic rings. The molecule has 0 aromatic heterocycles. The molecule has 0 aliphatic heterocycles. The van der Waals surface area contributed by atoms with E-state index >= 15 is 0 Å². The van der Waals surface area contributed by atoms with Crippen molar-refractivity contribution in [2.45, 2.75) is 44.6 Å². The smallest absolute Gasteiger partial charge is 0.252 e.